The Bertz CT molecular complexity index is 1540. The average molecular weight is 480 g/mol. The Hall–Kier alpha value is -3.89. The van der Waals surface area contributed by atoms with E-state index in [1.807, 2.05) is 0 Å². The summed E-state index contributed by atoms with van der Waals surface area (Å²) in [5, 5.41) is 0. The van der Waals surface area contributed by atoms with Gasteiger partial charge in [-0.1, -0.05) is 6.07 Å². The van der Waals surface area contributed by atoms with Crippen LogP contribution < -0.4 is 10.5 Å². The summed E-state index contributed by atoms with van der Waals surface area (Å²) in [5.41, 5.74) is 7.73. The van der Waals surface area contributed by atoms with Crippen molar-refractivity contribution in [1.29, 1.82) is 0 Å². The number of hydrogen-bond acceptors (Lipinski definition) is 6. The van der Waals surface area contributed by atoms with E-state index in [4.69, 9.17) is 10.5 Å². The fraction of sp³-hybridized carbons (Fsp3) is 0.333. The lowest BCUT2D eigenvalue weighted by Gasteiger charge is -2.41. The summed E-state index contributed by atoms with van der Waals surface area (Å²) in [4.78, 5) is 28.3. The first kappa shape index (κ1) is 20.5. The highest BCUT2D eigenvalue weighted by molar-refractivity contribution is 5.96. The van der Waals surface area contributed by atoms with Gasteiger partial charge in [-0.25, -0.2) is 15.0 Å². The second kappa shape index (κ2) is 6.61. The number of hydrogen-bond donors (Lipinski definition) is 1. The summed E-state index contributed by atoms with van der Waals surface area (Å²) in [7, 11) is 0. The number of amides is 1. The number of anilines is 1. The highest BCUT2D eigenvalue weighted by Gasteiger charge is 2.61. The van der Waals surface area contributed by atoms with Gasteiger partial charge in [-0.3, -0.25) is 9.20 Å². The fourth-order valence-corrected chi connectivity index (χ4v) is 5.60. The molecule has 178 valence electrons. The number of alkyl halides is 3. The van der Waals surface area contributed by atoms with E-state index < -0.39 is 17.8 Å². The van der Waals surface area contributed by atoms with E-state index in [1.165, 1.54) is 12.3 Å². The number of piperidine rings is 1. The standard InChI is InChI=1S/C24H19F3N6O2/c25-24(26,27)12-1-2-13-18(7-12)35-20-19(13)32(6-5-23(20)3-4-23)22(34)14-8-16-15(9-30-14)31-21(28)17-10-29-11-33(16)17/h1-2,7-11,19-20H,3-6H2,(H2,28,31)/t19-,20+/m0/s1. The van der Waals surface area contributed by atoms with Gasteiger partial charge in [-0.05, 0) is 37.5 Å². The number of nitrogen functional groups attached to an aromatic ring is 1. The van der Waals surface area contributed by atoms with Gasteiger partial charge >= 0.3 is 6.18 Å². The van der Waals surface area contributed by atoms with Crippen LogP contribution in [0, 0.1) is 5.41 Å². The molecular formula is C24H19F3N6O2. The minimum atomic E-state index is -4.47. The Balaban J connectivity index is 1.31. The topological polar surface area (TPSA) is 98.6 Å². The molecule has 1 spiro atoms. The molecule has 2 atom stereocenters. The molecule has 1 amide bonds. The molecule has 1 saturated carbocycles. The van der Waals surface area contributed by atoms with Crippen molar-refractivity contribution in [1.82, 2.24) is 24.3 Å². The monoisotopic (exact) mass is 480 g/mol. The molecule has 2 N–H and O–H groups in total. The van der Waals surface area contributed by atoms with Crippen molar-refractivity contribution < 1.29 is 22.7 Å². The number of nitrogens with two attached hydrogens (primary N) is 1. The molecule has 1 aliphatic carbocycles. The van der Waals surface area contributed by atoms with E-state index in [9.17, 15) is 18.0 Å². The number of nitrogens with zero attached hydrogens (tertiary/aromatic N) is 5. The van der Waals surface area contributed by atoms with Gasteiger partial charge in [0, 0.05) is 17.5 Å². The Morgan fingerprint density at radius 3 is 2.74 bits per heavy atom. The lowest BCUT2D eigenvalue weighted by molar-refractivity contribution is -0.137. The van der Waals surface area contributed by atoms with E-state index in [0.29, 0.717) is 34.5 Å². The second-order valence-corrected chi connectivity index (χ2v) is 9.55. The zero-order valence-corrected chi connectivity index (χ0v) is 18.3. The van der Waals surface area contributed by atoms with E-state index in [-0.39, 0.29) is 28.9 Å². The first-order valence-corrected chi connectivity index (χ1v) is 11.3. The number of pyridine rings is 1. The molecule has 0 bridgehead atoms. The molecule has 35 heavy (non-hydrogen) atoms. The van der Waals surface area contributed by atoms with Crippen LogP contribution in [0.4, 0.5) is 19.0 Å². The molecule has 4 aromatic rings. The Kier molecular flexibility index (Phi) is 3.87. The van der Waals surface area contributed by atoms with Crippen molar-refractivity contribution in [3.8, 4) is 5.75 Å². The number of likely N-dealkylation sites (tertiary alicyclic amines) is 1. The van der Waals surface area contributed by atoms with Crippen LogP contribution in [-0.4, -0.2) is 42.8 Å². The number of benzene rings is 1. The largest absolute Gasteiger partial charge is 0.487 e. The molecule has 1 saturated heterocycles. The van der Waals surface area contributed by atoms with Gasteiger partial charge in [0.1, 0.15) is 34.4 Å². The molecule has 7 rings (SSSR count). The maximum atomic E-state index is 13.8. The van der Waals surface area contributed by atoms with Gasteiger partial charge in [0.05, 0.1) is 35.8 Å². The second-order valence-electron chi connectivity index (χ2n) is 9.55. The van der Waals surface area contributed by atoms with Crippen molar-refractivity contribution in [2.45, 2.75) is 37.6 Å². The van der Waals surface area contributed by atoms with Crippen LogP contribution in [0.1, 0.15) is 46.9 Å². The Morgan fingerprint density at radius 2 is 1.97 bits per heavy atom. The Labute approximate surface area is 196 Å². The predicted octanol–water partition coefficient (Wildman–Crippen LogP) is 4.01. The highest BCUT2D eigenvalue weighted by Crippen LogP contribution is 2.62. The SMILES string of the molecule is Nc1nc2cnc(C(=O)N3CCC4(CC4)[C@@H]4Oc5cc(C(F)(F)F)ccc5[C@@H]43)cc2n2cncc12. The van der Waals surface area contributed by atoms with Gasteiger partial charge in [0.15, 0.2) is 0 Å². The lowest BCUT2D eigenvalue weighted by Crippen LogP contribution is -2.49. The number of carbonyl (C=O) groups is 1. The molecule has 8 nitrogen and oxygen atoms in total. The van der Waals surface area contributed by atoms with Crippen LogP contribution in [0.2, 0.25) is 0 Å². The number of fused-ring (bicyclic) bond motifs is 7. The van der Waals surface area contributed by atoms with Crippen LogP contribution >= 0.6 is 0 Å². The number of rotatable bonds is 1. The number of ether oxygens (including phenoxy) is 1. The molecule has 5 heterocycles. The van der Waals surface area contributed by atoms with Crippen LogP contribution in [0.25, 0.3) is 16.6 Å². The molecule has 0 radical (unpaired) electrons. The minimum absolute atomic E-state index is 0.0971. The molecule has 3 aliphatic rings. The van der Waals surface area contributed by atoms with Crippen LogP contribution in [0.5, 0.6) is 5.75 Å². The molecule has 2 aliphatic heterocycles. The average Bonchev–Trinajstić information content (AvgIpc) is 3.26. The van der Waals surface area contributed by atoms with Crippen molar-refractivity contribution >= 4 is 28.3 Å². The summed E-state index contributed by atoms with van der Waals surface area (Å²) in [6.45, 7) is 0.476. The van der Waals surface area contributed by atoms with Crippen molar-refractivity contribution in [3.63, 3.8) is 0 Å². The quantitative estimate of drug-likeness (QED) is 0.442. The van der Waals surface area contributed by atoms with E-state index in [1.54, 1.807) is 27.9 Å². The maximum absolute atomic E-state index is 13.8. The Morgan fingerprint density at radius 1 is 1.14 bits per heavy atom. The lowest BCUT2D eigenvalue weighted by atomic mass is 9.82. The molecule has 1 aromatic carbocycles. The predicted molar refractivity (Wildman–Crippen MR) is 119 cm³/mol. The van der Waals surface area contributed by atoms with Gasteiger partial charge in [-0.2, -0.15) is 13.2 Å². The third kappa shape index (κ3) is 2.87. The molecule has 11 heteroatoms. The summed E-state index contributed by atoms with van der Waals surface area (Å²) in [6, 6.07) is 4.73. The molecule has 0 unspecified atom stereocenters. The summed E-state index contributed by atoms with van der Waals surface area (Å²) in [6.07, 6.45) is 2.46. The first-order valence-electron chi connectivity index (χ1n) is 11.3. The van der Waals surface area contributed by atoms with E-state index >= 15 is 0 Å². The number of carbonyl (C=O) groups excluding carboxylic acids is 1. The first-order chi connectivity index (χ1) is 16.7. The third-order valence-electron chi connectivity index (χ3n) is 7.63. The molecule has 3 aromatic heterocycles. The van der Waals surface area contributed by atoms with Crippen molar-refractivity contribution in [2.75, 3.05) is 12.3 Å². The summed E-state index contributed by atoms with van der Waals surface area (Å²) >= 11 is 0. The number of halogens is 3. The third-order valence-corrected chi connectivity index (χ3v) is 7.63. The summed E-state index contributed by atoms with van der Waals surface area (Å²) < 4.78 is 47.8. The smallest absolute Gasteiger partial charge is 0.416 e. The van der Waals surface area contributed by atoms with Gasteiger partial charge in [-0.15, -0.1) is 0 Å². The summed E-state index contributed by atoms with van der Waals surface area (Å²) in [5.74, 6) is 0.202. The number of aromatic nitrogens is 4. The highest BCUT2D eigenvalue weighted by atomic mass is 19.4. The normalized spacial score (nSPS) is 22.3. The van der Waals surface area contributed by atoms with Gasteiger partial charge < -0.3 is 15.4 Å². The van der Waals surface area contributed by atoms with Crippen molar-refractivity contribution in [3.05, 3.63) is 59.8 Å². The maximum Gasteiger partial charge on any atom is 0.416 e. The van der Waals surface area contributed by atoms with Gasteiger partial charge in [0.2, 0.25) is 0 Å². The zero-order valence-electron chi connectivity index (χ0n) is 18.3. The van der Waals surface area contributed by atoms with E-state index in [2.05, 4.69) is 15.0 Å². The number of imidazole rings is 1. The van der Waals surface area contributed by atoms with E-state index in [0.717, 1.165) is 31.4 Å². The molecule has 2 fully saturated rings. The van der Waals surface area contributed by atoms with Crippen LogP contribution in [0.3, 0.4) is 0 Å². The minimum Gasteiger partial charge on any atom is -0.487 e. The van der Waals surface area contributed by atoms with Crippen molar-refractivity contribution in [2.24, 2.45) is 5.41 Å². The fourth-order valence-electron chi connectivity index (χ4n) is 5.60. The van der Waals surface area contributed by atoms with Crippen LogP contribution in [0.15, 0.2) is 43.0 Å². The van der Waals surface area contributed by atoms with Gasteiger partial charge in [0.25, 0.3) is 5.91 Å². The van der Waals surface area contributed by atoms with Crippen LogP contribution in [-0.2, 0) is 6.18 Å². The molecular weight excluding hydrogens is 461 g/mol. The zero-order chi connectivity index (χ0) is 24.1.